The summed E-state index contributed by atoms with van der Waals surface area (Å²) in [5.41, 5.74) is 0.723. The fourth-order valence-corrected chi connectivity index (χ4v) is 3.92. The molecule has 24 heavy (non-hydrogen) atoms. The van der Waals surface area contributed by atoms with Crippen molar-refractivity contribution >= 4 is 34.7 Å². The lowest BCUT2D eigenvalue weighted by atomic mass is 10.2. The van der Waals surface area contributed by atoms with E-state index >= 15 is 0 Å². The molecular formula is C18H13F2NOS2. The van der Waals surface area contributed by atoms with Gasteiger partial charge < -0.3 is 5.32 Å². The molecule has 122 valence electrons. The average molecular weight is 361 g/mol. The SMILES string of the molecule is O=C(Nc1ccc(F)c(F)c1)c1ccccc1SCc1cccs1. The molecule has 0 aliphatic heterocycles. The molecule has 3 aromatic rings. The Morgan fingerprint density at radius 1 is 1.04 bits per heavy atom. The number of benzene rings is 2. The van der Waals surface area contributed by atoms with E-state index in [0.717, 1.165) is 22.8 Å². The molecule has 1 N–H and O–H groups in total. The third kappa shape index (κ3) is 4.01. The van der Waals surface area contributed by atoms with Gasteiger partial charge in [0, 0.05) is 27.3 Å². The van der Waals surface area contributed by atoms with Gasteiger partial charge in [-0.05, 0) is 35.7 Å². The Kier molecular flexibility index (Phi) is 5.27. The molecule has 0 fully saturated rings. The Hall–Kier alpha value is -2.18. The number of rotatable bonds is 5. The number of amides is 1. The smallest absolute Gasteiger partial charge is 0.256 e. The van der Waals surface area contributed by atoms with Crippen LogP contribution in [-0.2, 0) is 5.75 Å². The normalized spacial score (nSPS) is 10.6. The van der Waals surface area contributed by atoms with Gasteiger partial charge in [0.05, 0.1) is 5.56 Å². The number of thioether (sulfide) groups is 1. The molecular weight excluding hydrogens is 348 g/mol. The molecule has 0 saturated carbocycles. The molecule has 0 aliphatic rings. The van der Waals surface area contributed by atoms with E-state index in [9.17, 15) is 13.6 Å². The summed E-state index contributed by atoms with van der Waals surface area (Å²) in [5, 5.41) is 4.62. The first-order valence-corrected chi connectivity index (χ1v) is 9.00. The van der Waals surface area contributed by atoms with Crippen molar-refractivity contribution in [3.8, 4) is 0 Å². The van der Waals surface area contributed by atoms with Crippen LogP contribution >= 0.6 is 23.1 Å². The number of thiophene rings is 1. The van der Waals surface area contributed by atoms with Crippen LogP contribution in [0.4, 0.5) is 14.5 Å². The maximum atomic E-state index is 13.3. The standard InChI is InChI=1S/C18H13F2NOS2/c19-15-8-7-12(10-16(15)20)21-18(22)14-5-1-2-6-17(14)24-11-13-4-3-9-23-13/h1-10H,11H2,(H,21,22). The predicted molar refractivity (Wildman–Crippen MR) is 94.6 cm³/mol. The first-order chi connectivity index (χ1) is 11.6. The van der Waals surface area contributed by atoms with Crippen molar-refractivity contribution in [1.29, 1.82) is 0 Å². The van der Waals surface area contributed by atoms with Gasteiger partial charge in [0.2, 0.25) is 0 Å². The minimum Gasteiger partial charge on any atom is -0.322 e. The van der Waals surface area contributed by atoms with Gasteiger partial charge in [0.15, 0.2) is 11.6 Å². The summed E-state index contributed by atoms with van der Waals surface area (Å²) in [6, 6.07) is 14.5. The van der Waals surface area contributed by atoms with E-state index in [1.807, 2.05) is 29.6 Å². The quantitative estimate of drug-likeness (QED) is 0.602. The maximum absolute atomic E-state index is 13.3. The van der Waals surface area contributed by atoms with Gasteiger partial charge in [0.25, 0.3) is 5.91 Å². The summed E-state index contributed by atoms with van der Waals surface area (Å²) in [6.45, 7) is 0. The fourth-order valence-electron chi connectivity index (χ4n) is 2.10. The molecule has 3 rings (SSSR count). The van der Waals surface area contributed by atoms with Gasteiger partial charge in [-0.25, -0.2) is 8.78 Å². The molecule has 0 bridgehead atoms. The summed E-state index contributed by atoms with van der Waals surface area (Å²) >= 11 is 3.23. The molecule has 1 heterocycles. The van der Waals surface area contributed by atoms with Gasteiger partial charge in [0.1, 0.15) is 0 Å². The summed E-state index contributed by atoms with van der Waals surface area (Å²) < 4.78 is 26.2. The largest absolute Gasteiger partial charge is 0.322 e. The van der Waals surface area contributed by atoms with Crippen molar-refractivity contribution in [3.63, 3.8) is 0 Å². The summed E-state index contributed by atoms with van der Waals surface area (Å²) in [5.74, 6) is -1.52. The van der Waals surface area contributed by atoms with Gasteiger partial charge in [-0.2, -0.15) is 0 Å². The molecule has 2 aromatic carbocycles. The van der Waals surface area contributed by atoms with Crippen LogP contribution in [0.15, 0.2) is 64.9 Å². The number of halogens is 2. The lowest BCUT2D eigenvalue weighted by Gasteiger charge is -2.10. The summed E-state index contributed by atoms with van der Waals surface area (Å²) in [6.07, 6.45) is 0. The van der Waals surface area contributed by atoms with Crippen molar-refractivity contribution in [2.75, 3.05) is 5.32 Å². The summed E-state index contributed by atoms with van der Waals surface area (Å²) in [4.78, 5) is 14.5. The zero-order valence-corrected chi connectivity index (χ0v) is 14.1. The number of carbonyl (C=O) groups is 1. The fraction of sp³-hybridized carbons (Fsp3) is 0.0556. The van der Waals surface area contributed by atoms with Gasteiger partial charge >= 0.3 is 0 Å². The molecule has 1 aromatic heterocycles. The van der Waals surface area contributed by atoms with E-state index < -0.39 is 11.6 Å². The Morgan fingerprint density at radius 3 is 2.62 bits per heavy atom. The zero-order valence-electron chi connectivity index (χ0n) is 12.5. The molecule has 0 atom stereocenters. The van der Waals surface area contributed by atoms with Gasteiger partial charge in [-0.3, -0.25) is 4.79 Å². The first-order valence-electron chi connectivity index (χ1n) is 7.14. The minimum absolute atomic E-state index is 0.219. The highest BCUT2D eigenvalue weighted by Gasteiger charge is 2.13. The van der Waals surface area contributed by atoms with Crippen LogP contribution in [0.2, 0.25) is 0 Å². The Balaban J connectivity index is 1.75. The molecule has 2 nitrogen and oxygen atoms in total. The van der Waals surface area contributed by atoms with Crippen molar-refractivity contribution < 1.29 is 13.6 Å². The first kappa shape index (κ1) is 16.7. The maximum Gasteiger partial charge on any atom is 0.256 e. The lowest BCUT2D eigenvalue weighted by Crippen LogP contribution is -2.13. The highest BCUT2D eigenvalue weighted by molar-refractivity contribution is 7.98. The van der Waals surface area contributed by atoms with E-state index in [2.05, 4.69) is 5.32 Å². The van der Waals surface area contributed by atoms with E-state index in [1.54, 1.807) is 35.2 Å². The van der Waals surface area contributed by atoms with Gasteiger partial charge in [-0.1, -0.05) is 18.2 Å². The number of anilines is 1. The molecule has 0 saturated heterocycles. The number of hydrogen-bond acceptors (Lipinski definition) is 3. The second-order valence-corrected chi connectivity index (χ2v) is 7.00. The zero-order chi connectivity index (χ0) is 16.9. The van der Waals surface area contributed by atoms with Crippen LogP contribution in [-0.4, -0.2) is 5.91 Å². The van der Waals surface area contributed by atoms with Crippen LogP contribution < -0.4 is 5.32 Å². The van der Waals surface area contributed by atoms with Crippen LogP contribution in [0.5, 0.6) is 0 Å². The van der Waals surface area contributed by atoms with Gasteiger partial charge in [-0.15, -0.1) is 23.1 Å². The Morgan fingerprint density at radius 2 is 1.88 bits per heavy atom. The highest BCUT2D eigenvalue weighted by atomic mass is 32.2. The van der Waals surface area contributed by atoms with Crippen LogP contribution in [0.1, 0.15) is 15.2 Å². The third-order valence-corrected chi connectivity index (χ3v) is 5.44. The Labute approximate surface area is 146 Å². The topological polar surface area (TPSA) is 29.1 Å². The second-order valence-electron chi connectivity index (χ2n) is 4.95. The second kappa shape index (κ2) is 7.59. The molecule has 0 radical (unpaired) electrons. The monoisotopic (exact) mass is 361 g/mol. The minimum atomic E-state index is -0.992. The van der Waals surface area contributed by atoms with Crippen LogP contribution in [0.3, 0.4) is 0 Å². The van der Waals surface area contributed by atoms with Crippen molar-refractivity contribution in [2.45, 2.75) is 10.6 Å². The average Bonchev–Trinajstić information content (AvgIpc) is 3.10. The van der Waals surface area contributed by atoms with Crippen molar-refractivity contribution in [1.82, 2.24) is 0 Å². The summed E-state index contributed by atoms with van der Waals surface area (Å²) in [7, 11) is 0. The van der Waals surface area contributed by atoms with Crippen molar-refractivity contribution in [3.05, 3.63) is 82.1 Å². The third-order valence-electron chi connectivity index (χ3n) is 3.26. The molecule has 6 heteroatoms. The molecule has 0 unspecified atom stereocenters. The van der Waals surface area contributed by atoms with E-state index in [-0.39, 0.29) is 11.6 Å². The molecule has 0 aliphatic carbocycles. The number of nitrogens with one attached hydrogen (secondary N) is 1. The molecule has 1 amide bonds. The van der Waals surface area contributed by atoms with Crippen LogP contribution in [0, 0.1) is 11.6 Å². The Bertz CT molecular complexity index is 850. The lowest BCUT2D eigenvalue weighted by molar-refractivity contribution is 0.102. The number of hydrogen-bond donors (Lipinski definition) is 1. The van der Waals surface area contributed by atoms with Crippen molar-refractivity contribution in [2.24, 2.45) is 0 Å². The van der Waals surface area contributed by atoms with E-state index in [0.29, 0.717) is 5.56 Å². The van der Waals surface area contributed by atoms with Crippen LogP contribution in [0.25, 0.3) is 0 Å². The number of carbonyl (C=O) groups excluding carboxylic acids is 1. The molecule has 0 spiro atoms. The highest BCUT2D eigenvalue weighted by Crippen LogP contribution is 2.28. The van der Waals surface area contributed by atoms with E-state index in [1.165, 1.54) is 10.9 Å². The van der Waals surface area contributed by atoms with E-state index in [4.69, 9.17) is 0 Å². The predicted octanol–water partition coefficient (Wildman–Crippen LogP) is 5.57.